The predicted octanol–water partition coefficient (Wildman–Crippen LogP) is 4.12. The molecule has 0 aliphatic carbocycles. The van der Waals surface area contributed by atoms with E-state index in [0.29, 0.717) is 0 Å². The number of likely N-dealkylation sites (tertiary alicyclic amines) is 1. The van der Waals surface area contributed by atoms with Gasteiger partial charge in [0, 0.05) is 21.3 Å². The van der Waals surface area contributed by atoms with Crippen LogP contribution in [0.2, 0.25) is 0 Å². The largest absolute Gasteiger partial charge is 0.473 e. The van der Waals surface area contributed by atoms with Crippen LogP contribution in [0.1, 0.15) is 23.3 Å². The molecule has 0 unspecified atom stereocenters. The average molecular weight is 440 g/mol. The lowest BCUT2D eigenvalue weighted by Gasteiger charge is -2.31. The van der Waals surface area contributed by atoms with Crippen LogP contribution in [0.25, 0.3) is 0 Å². The van der Waals surface area contributed by atoms with Crippen molar-refractivity contribution in [2.75, 3.05) is 13.1 Å². The van der Waals surface area contributed by atoms with Crippen molar-refractivity contribution in [2.24, 2.45) is 5.92 Å². The van der Waals surface area contributed by atoms with Crippen molar-refractivity contribution in [1.29, 1.82) is 0 Å². The summed E-state index contributed by atoms with van der Waals surface area (Å²) in [5.41, 5.74) is 1.49. The van der Waals surface area contributed by atoms with E-state index < -0.39 is 11.9 Å². The molecule has 1 aliphatic rings. The molecule has 7 heteroatoms. The Morgan fingerprint density at radius 2 is 1.73 bits per heavy atom. The maximum absolute atomic E-state index is 9.10. The van der Waals surface area contributed by atoms with E-state index in [1.165, 1.54) is 47.3 Å². The van der Waals surface area contributed by atoms with Crippen LogP contribution in [0.5, 0.6) is 0 Å². The standard InChI is InChI=1S/C17H20BrNS.C2H2O4/c18-16-11-17(20-13-16)12-19-8-6-15(7-9-19)10-14-4-2-1-3-5-14;3-1(4)2(5)6/h1-5,11,13,15H,6-10,12H2;(H,3,4)(H,5,6). The van der Waals surface area contributed by atoms with Gasteiger partial charge in [0.2, 0.25) is 0 Å². The van der Waals surface area contributed by atoms with Crippen LogP contribution in [-0.2, 0) is 22.6 Å². The van der Waals surface area contributed by atoms with Gasteiger partial charge in [-0.15, -0.1) is 11.3 Å². The summed E-state index contributed by atoms with van der Waals surface area (Å²) in [6, 6.07) is 13.2. The first-order valence-corrected chi connectivity index (χ1v) is 10.1. The number of thiophene rings is 1. The monoisotopic (exact) mass is 439 g/mol. The van der Waals surface area contributed by atoms with Crippen molar-refractivity contribution in [3.63, 3.8) is 0 Å². The van der Waals surface area contributed by atoms with E-state index in [9.17, 15) is 0 Å². The van der Waals surface area contributed by atoms with Crippen LogP contribution in [-0.4, -0.2) is 40.1 Å². The highest BCUT2D eigenvalue weighted by Gasteiger charge is 2.19. The molecule has 0 saturated carbocycles. The second kappa shape index (κ2) is 10.4. The fourth-order valence-electron chi connectivity index (χ4n) is 2.95. The van der Waals surface area contributed by atoms with E-state index in [1.807, 2.05) is 11.3 Å². The van der Waals surface area contributed by atoms with Crippen LogP contribution in [0.3, 0.4) is 0 Å². The van der Waals surface area contributed by atoms with Gasteiger partial charge in [0.25, 0.3) is 0 Å². The molecule has 1 aromatic carbocycles. The van der Waals surface area contributed by atoms with Gasteiger partial charge >= 0.3 is 11.9 Å². The van der Waals surface area contributed by atoms with Crippen molar-refractivity contribution in [3.05, 3.63) is 56.7 Å². The smallest absolute Gasteiger partial charge is 0.414 e. The minimum atomic E-state index is -1.82. The molecule has 0 amide bonds. The summed E-state index contributed by atoms with van der Waals surface area (Å²) < 4.78 is 1.22. The Hall–Kier alpha value is -1.70. The highest BCUT2D eigenvalue weighted by atomic mass is 79.9. The lowest BCUT2D eigenvalue weighted by molar-refractivity contribution is -0.159. The zero-order valence-corrected chi connectivity index (χ0v) is 16.7. The summed E-state index contributed by atoms with van der Waals surface area (Å²) in [5, 5.41) is 17.0. The Labute approximate surface area is 165 Å². The molecule has 1 aromatic heterocycles. The summed E-state index contributed by atoms with van der Waals surface area (Å²) in [5.74, 6) is -2.78. The first-order valence-electron chi connectivity index (χ1n) is 8.39. The number of aliphatic carboxylic acids is 2. The summed E-state index contributed by atoms with van der Waals surface area (Å²) >= 11 is 5.39. The number of carbonyl (C=O) groups is 2. The summed E-state index contributed by atoms with van der Waals surface area (Å²) in [7, 11) is 0. The highest BCUT2D eigenvalue weighted by Crippen LogP contribution is 2.25. The molecular weight excluding hydrogens is 418 g/mol. The third-order valence-corrected chi connectivity index (χ3v) is 5.94. The zero-order chi connectivity index (χ0) is 18.9. The van der Waals surface area contributed by atoms with Crippen LogP contribution < -0.4 is 0 Å². The van der Waals surface area contributed by atoms with E-state index in [2.05, 4.69) is 62.6 Å². The van der Waals surface area contributed by atoms with E-state index >= 15 is 0 Å². The van der Waals surface area contributed by atoms with Gasteiger partial charge in [0.15, 0.2) is 0 Å². The van der Waals surface area contributed by atoms with Gasteiger partial charge < -0.3 is 10.2 Å². The van der Waals surface area contributed by atoms with Gasteiger partial charge in [-0.25, -0.2) is 9.59 Å². The highest BCUT2D eigenvalue weighted by molar-refractivity contribution is 9.10. The molecule has 140 valence electrons. The van der Waals surface area contributed by atoms with E-state index in [-0.39, 0.29) is 0 Å². The van der Waals surface area contributed by atoms with Crippen LogP contribution in [0.15, 0.2) is 46.3 Å². The fraction of sp³-hybridized carbons (Fsp3) is 0.368. The SMILES string of the molecule is Brc1csc(CN2CCC(Cc3ccccc3)CC2)c1.O=C(O)C(=O)O. The predicted molar refractivity (Wildman–Crippen MR) is 105 cm³/mol. The molecular formula is C19H22BrNO4S. The number of carboxylic acid groups (broad SMARTS) is 2. The maximum Gasteiger partial charge on any atom is 0.414 e. The molecule has 2 aromatic rings. The van der Waals surface area contributed by atoms with Crippen LogP contribution in [0.4, 0.5) is 0 Å². The van der Waals surface area contributed by atoms with Gasteiger partial charge in [-0.1, -0.05) is 30.3 Å². The van der Waals surface area contributed by atoms with Crippen molar-refractivity contribution in [2.45, 2.75) is 25.8 Å². The molecule has 1 saturated heterocycles. The fourth-order valence-corrected chi connectivity index (χ4v) is 4.45. The Kier molecular flexibility index (Phi) is 8.28. The topological polar surface area (TPSA) is 77.8 Å². The van der Waals surface area contributed by atoms with E-state index in [1.54, 1.807) is 0 Å². The van der Waals surface area contributed by atoms with E-state index in [4.69, 9.17) is 19.8 Å². The third-order valence-electron chi connectivity index (χ3n) is 4.26. The molecule has 2 heterocycles. The molecule has 1 aliphatic heterocycles. The molecule has 1 fully saturated rings. The van der Waals surface area contributed by atoms with Gasteiger partial charge in [0.1, 0.15) is 0 Å². The molecule has 0 bridgehead atoms. The normalized spacial score (nSPS) is 15.1. The molecule has 0 radical (unpaired) electrons. The minimum absolute atomic E-state index is 0.865. The number of hydrogen-bond donors (Lipinski definition) is 2. The van der Waals surface area contributed by atoms with Gasteiger partial charge in [0.05, 0.1) is 0 Å². The summed E-state index contributed by atoms with van der Waals surface area (Å²) in [6.45, 7) is 3.61. The van der Waals surface area contributed by atoms with Crippen molar-refractivity contribution in [3.8, 4) is 0 Å². The lowest BCUT2D eigenvalue weighted by Crippen LogP contribution is -2.33. The Morgan fingerprint density at radius 3 is 2.23 bits per heavy atom. The average Bonchev–Trinajstić information content (AvgIpc) is 3.03. The first-order chi connectivity index (χ1) is 12.4. The number of benzene rings is 1. The van der Waals surface area contributed by atoms with Gasteiger partial charge in [-0.3, -0.25) is 4.90 Å². The Bertz CT molecular complexity index is 699. The number of nitrogens with zero attached hydrogens (tertiary/aromatic N) is 1. The second-order valence-electron chi connectivity index (χ2n) is 6.25. The van der Waals surface area contributed by atoms with Crippen molar-refractivity contribution >= 4 is 39.2 Å². The second-order valence-corrected chi connectivity index (χ2v) is 8.16. The number of piperidine rings is 1. The number of carboxylic acids is 2. The molecule has 0 atom stereocenters. The zero-order valence-electron chi connectivity index (χ0n) is 14.3. The number of rotatable bonds is 4. The quantitative estimate of drug-likeness (QED) is 0.700. The number of hydrogen-bond acceptors (Lipinski definition) is 4. The van der Waals surface area contributed by atoms with Crippen molar-refractivity contribution in [1.82, 2.24) is 4.90 Å². The molecule has 5 nitrogen and oxygen atoms in total. The third kappa shape index (κ3) is 7.27. The summed E-state index contributed by atoms with van der Waals surface area (Å²) in [4.78, 5) is 22.3. The van der Waals surface area contributed by atoms with Gasteiger partial charge in [-0.2, -0.15) is 0 Å². The molecule has 0 spiro atoms. The Balaban J connectivity index is 0.000000352. The van der Waals surface area contributed by atoms with Crippen molar-refractivity contribution < 1.29 is 19.8 Å². The Morgan fingerprint density at radius 1 is 1.12 bits per heavy atom. The molecule has 3 rings (SSSR count). The molecule has 26 heavy (non-hydrogen) atoms. The van der Waals surface area contributed by atoms with E-state index in [0.717, 1.165) is 12.5 Å². The minimum Gasteiger partial charge on any atom is -0.473 e. The maximum atomic E-state index is 9.10. The number of halogens is 1. The van der Waals surface area contributed by atoms with Crippen LogP contribution in [0, 0.1) is 5.92 Å². The lowest BCUT2D eigenvalue weighted by atomic mass is 9.90. The molecule has 2 N–H and O–H groups in total. The van der Waals surface area contributed by atoms with Gasteiger partial charge in [-0.05, 0) is 65.8 Å². The summed E-state index contributed by atoms with van der Waals surface area (Å²) in [6.07, 6.45) is 3.92. The first kappa shape index (κ1) is 20.6. The van der Waals surface area contributed by atoms with Crippen LogP contribution >= 0.6 is 27.3 Å².